The highest BCUT2D eigenvalue weighted by molar-refractivity contribution is 7.89. The Bertz CT molecular complexity index is 328. The molecule has 0 unspecified atom stereocenters. The van der Waals surface area contributed by atoms with E-state index in [0.717, 1.165) is 6.42 Å². The van der Waals surface area contributed by atoms with Crippen LogP contribution in [0.4, 0.5) is 0 Å². The van der Waals surface area contributed by atoms with E-state index < -0.39 is 16.1 Å². The molecule has 88 valence electrons. The van der Waals surface area contributed by atoms with Gasteiger partial charge in [0, 0.05) is 6.54 Å². The van der Waals surface area contributed by atoms with Gasteiger partial charge in [0.2, 0.25) is 15.9 Å². The monoisotopic (exact) mass is 236 g/mol. The Morgan fingerprint density at radius 3 is 2.67 bits per heavy atom. The molecule has 6 nitrogen and oxygen atoms in total. The number of sulfonamides is 1. The first-order valence-corrected chi connectivity index (χ1v) is 6.53. The van der Waals surface area contributed by atoms with Crippen LogP contribution in [0, 0.1) is 0 Å². The van der Waals surface area contributed by atoms with Crippen LogP contribution in [0.25, 0.3) is 0 Å². The molecule has 0 spiro atoms. The van der Waals surface area contributed by atoms with E-state index in [1.165, 1.54) is 0 Å². The van der Waals surface area contributed by atoms with E-state index in [1.807, 2.05) is 6.92 Å². The van der Waals surface area contributed by atoms with Crippen molar-refractivity contribution in [3.8, 4) is 0 Å². The molecule has 1 heterocycles. The molecule has 0 radical (unpaired) electrons. The highest BCUT2D eigenvalue weighted by Gasteiger charge is 2.27. The van der Waals surface area contributed by atoms with Gasteiger partial charge in [0.15, 0.2) is 0 Å². The van der Waals surface area contributed by atoms with Crippen molar-refractivity contribution in [1.29, 1.82) is 0 Å². The van der Waals surface area contributed by atoms with Crippen molar-refractivity contribution < 1.29 is 17.9 Å². The third kappa shape index (κ3) is 4.59. The molecular weight excluding hydrogens is 220 g/mol. The Morgan fingerprint density at radius 1 is 1.53 bits per heavy atom. The predicted octanol–water partition coefficient (Wildman–Crippen LogP) is -1.04. The second-order valence-corrected chi connectivity index (χ2v) is 5.40. The van der Waals surface area contributed by atoms with Gasteiger partial charge < -0.3 is 10.1 Å². The first-order valence-electron chi connectivity index (χ1n) is 4.82. The Kier molecular flexibility index (Phi) is 4.06. The zero-order valence-corrected chi connectivity index (χ0v) is 9.42. The number of hydrogen-bond acceptors (Lipinski definition) is 4. The summed E-state index contributed by atoms with van der Waals surface area (Å²) in [7, 11) is -3.51. The number of carbonyl (C=O) groups is 1. The Labute approximate surface area is 89.2 Å². The number of hydrogen-bond donors (Lipinski definition) is 2. The number of nitrogens with one attached hydrogen (secondary N) is 1. The highest BCUT2D eigenvalue weighted by Crippen LogP contribution is 2.18. The fourth-order valence-corrected chi connectivity index (χ4v) is 1.81. The molecule has 15 heavy (non-hydrogen) atoms. The van der Waals surface area contributed by atoms with Crippen LogP contribution in [-0.4, -0.2) is 38.8 Å². The highest BCUT2D eigenvalue weighted by atomic mass is 32.2. The van der Waals surface area contributed by atoms with Crippen LogP contribution in [0.15, 0.2) is 0 Å². The lowest BCUT2D eigenvalue weighted by atomic mass is 10.2. The van der Waals surface area contributed by atoms with E-state index in [1.54, 1.807) is 0 Å². The molecule has 0 bridgehead atoms. The molecule has 0 aromatic rings. The van der Waals surface area contributed by atoms with Gasteiger partial charge in [-0.05, 0) is 19.8 Å². The maximum absolute atomic E-state index is 11.4. The molecule has 1 fully saturated rings. The molecule has 7 heteroatoms. The van der Waals surface area contributed by atoms with E-state index >= 15 is 0 Å². The van der Waals surface area contributed by atoms with E-state index in [-0.39, 0.29) is 24.3 Å². The zero-order valence-electron chi connectivity index (χ0n) is 8.60. The van der Waals surface area contributed by atoms with Gasteiger partial charge in [-0.1, -0.05) is 0 Å². The molecule has 1 aliphatic heterocycles. The van der Waals surface area contributed by atoms with Crippen LogP contribution >= 0.6 is 0 Å². The quantitative estimate of drug-likeness (QED) is 0.651. The first kappa shape index (κ1) is 12.4. The normalized spacial score (nSPS) is 26.5. The zero-order chi connectivity index (χ0) is 11.5. The summed E-state index contributed by atoms with van der Waals surface area (Å²) < 4.78 is 26.5. The SMILES string of the molecule is C[C@@H]1CC[C@H](C(=O)NCCS(N)(=O)=O)O1. The van der Waals surface area contributed by atoms with Crippen LogP contribution in [0.1, 0.15) is 19.8 Å². The maximum atomic E-state index is 11.4. The van der Waals surface area contributed by atoms with Crippen molar-refractivity contribution >= 4 is 15.9 Å². The molecular formula is C8H16N2O4S. The number of amides is 1. The van der Waals surface area contributed by atoms with Gasteiger partial charge in [0.25, 0.3) is 0 Å². The fraction of sp³-hybridized carbons (Fsp3) is 0.875. The minimum atomic E-state index is -3.51. The number of ether oxygens (including phenoxy) is 1. The summed E-state index contributed by atoms with van der Waals surface area (Å²) in [6, 6.07) is 0. The van der Waals surface area contributed by atoms with Crippen molar-refractivity contribution in [3.05, 3.63) is 0 Å². The minimum Gasteiger partial charge on any atom is -0.365 e. The van der Waals surface area contributed by atoms with Crippen LogP contribution in [0.2, 0.25) is 0 Å². The maximum Gasteiger partial charge on any atom is 0.249 e. The fourth-order valence-electron chi connectivity index (χ4n) is 1.43. The Morgan fingerprint density at radius 2 is 2.20 bits per heavy atom. The number of primary sulfonamides is 1. The summed E-state index contributed by atoms with van der Waals surface area (Å²) in [4.78, 5) is 11.4. The third-order valence-corrected chi connectivity index (χ3v) is 2.98. The van der Waals surface area contributed by atoms with Gasteiger partial charge in [-0.2, -0.15) is 0 Å². The predicted molar refractivity (Wildman–Crippen MR) is 54.6 cm³/mol. The first-order chi connectivity index (χ1) is 6.88. The number of nitrogens with two attached hydrogens (primary N) is 1. The topological polar surface area (TPSA) is 98.5 Å². The van der Waals surface area contributed by atoms with Crippen molar-refractivity contribution in [1.82, 2.24) is 5.32 Å². The van der Waals surface area contributed by atoms with Gasteiger partial charge in [-0.3, -0.25) is 4.79 Å². The molecule has 0 aromatic carbocycles. The lowest BCUT2D eigenvalue weighted by Gasteiger charge is -2.10. The minimum absolute atomic E-state index is 0.0336. The van der Waals surface area contributed by atoms with E-state index in [2.05, 4.69) is 5.32 Å². The molecule has 1 amide bonds. The van der Waals surface area contributed by atoms with Crippen molar-refractivity contribution in [2.45, 2.75) is 32.0 Å². The van der Waals surface area contributed by atoms with Crippen LogP contribution in [0.3, 0.4) is 0 Å². The second-order valence-electron chi connectivity index (χ2n) is 3.67. The largest absolute Gasteiger partial charge is 0.365 e. The van der Waals surface area contributed by atoms with Crippen molar-refractivity contribution in [2.24, 2.45) is 5.14 Å². The summed E-state index contributed by atoms with van der Waals surface area (Å²) in [5.41, 5.74) is 0. The lowest BCUT2D eigenvalue weighted by molar-refractivity contribution is -0.131. The number of carbonyl (C=O) groups excluding carboxylic acids is 1. The molecule has 0 saturated carbocycles. The van der Waals surface area contributed by atoms with Crippen molar-refractivity contribution in [2.75, 3.05) is 12.3 Å². The molecule has 1 rings (SSSR count). The van der Waals surface area contributed by atoms with Crippen LogP contribution in [-0.2, 0) is 19.6 Å². The molecule has 0 aliphatic carbocycles. The standard InChI is InChI=1S/C8H16N2O4S/c1-6-2-3-7(14-6)8(11)10-4-5-15(9,12)13/h6-7H,2-5H2,1H3,(H,10,11)(H2,9,12,13)/t6-,7-/m1/s1. The lowest BCUT2D eigenvalue weighted by Crippen LogP contribution is -2.38. The average Bonchev–Trinajstić information content (AvgIpc) is 2.49. The van der Waals surface area contributed by atoms with Gasteiger partial charge in [-0.25, -0.2) is 13.6 Å². The van der Waals surface area contributed by atoms with E-state index in [9.17, 15) is 13.2 Å². The Balaban J connectivity index is 2.25. The Hall–Kier alpha value is -0.660. The molecule has 0 aromatic heterocycles. The molecule has 3 N–H and O–H groups in total. The summed E-state index contributed by atoms with van der Waals surface area (Å²) >= 11 is 0. The smallest absolute Gasteiger partial charge is 0.249 e. The van der Waals surface area contributed by atoms with E-state index in [0.29, 0.717) is 6.42 Å². The second kappa shape index (κ2) is 4.91. The van der Waals surface area contributed by atoms with Crippen LogP contribution in [0.5, 0.6) is 0 Å². The summed E-state index contributed by atoms with van der Waals surface area (Å²) in [5.74, 6) is -0.510. The van der Waals surface area contributed by atoms with Crippen LogP contribution < -0.4 is 10.5 Å². The summed E-state index contributed by atoms with van der Waals surface area (Å²) in [6.07, 6.45) is 1.19. The van der Waals surface area contributed by atoms with Crippen molar-refractivity contribution in [3.63, 3.8) is 0 Å². The van der Waals surface area contributed by atoms with Gasteiger partial charge in [0.05, 0.1) is 11.9 Å². The molecule has 1 aliphatic rings. The van der Waals surface area contributed by atoms with E-state index in [4.69, 9.17) is 9.88 Å². The number of rotatable bonds is 4. The molecule has 1 saturated heterocycles. The van der Waals surface area contributed by atoms with Gasteiger partial charge >= 0.3 is 0 Å². The summed E-state index contributed by atoms with van der Waals surface area (Å²) in [5, 5.41) is 7.27. The van der Waals surface area contributed by atoms with Gasteiger partial charge in [-0.15, -0.1) is 0 Å². The summed E-state index contributed by atoms with van der Waals surface area (Å²) in [6.45, 7) is 1.93. The average molecular weight is 236 g/mol. The van der Waals surface area contributed by atoms with Gasteiger partial charge in [0.1, 0.15) is 6.10 Å². The third-order valence-electron chi connectivity index (χ3n) is 2.21. The molecule has 2 atom stereocenters.